The summed E-state index contributed by atoms with van der Waals surface area (Å²) in [6.07, 6.45) is -4.67. The van der Waals surface area contributed by atoms with E-state index in [9.17, 15) is 30.4 Å². The topological polar surface area (TPSA) is 98.1 Å². The molecule has 0 aliphatic heterocycles. The van der Waals surface area contributed by atoms with Crippen LogP contribution in [0.1, 0.15) is 11.4 Å². The Labute approximate surface area is 203 Å². The summed E-state index contributed by atoms with van der Waals surface area (Å²) in [6.45, 7) is -1.79. The second-order valence-electron chi connectivity index (χ2n) is 8.09. The maximum Gasteiger partial charge on any atom is 0.456 e. The van der Waals surface area contributed by atoms with Crippen LogP contribution in [0.25, 0.3) is 22.2 Å². The van der Waals surface area contributed by atoms with Crippen molar-refractivity contribution in [3.8, 4) is 16.9 Å². The first-order chi connectivity index (χ1) is 16.8. The number of aromatic nitrogens is 2. The highest BCUT2D eigenvalue weighted by atomic mass is 32.2. The van der Waals surface area contributed by atoms with Crippen LogP contribution >= 0.6 is 0 Å². The third-order valence-electron chi connectivity index (χ3n) is 5.44. The Bertz CT molecular complexity index is 1480. The number of aryl methyl sites for hydroxylation is 2. The second kappa shape index (κ2) is 9.51. The fourth-order valence-corrected chi connectivity index (χ4v) is 4.33. The molecule has 0 radical (unpaired) electrons. The van der Waals surface area contributed by atoms with Crippen LogP contribution in [0, 0.1) is 0 Å². The zero-order valence-corrected chi connectivity index (χ0v) is 19.3. The molecule has 0 saturated heterocycles. The molecule has 1 heterocycles. The van der Waals surface area contributed by atoms with Crippen LogP contribution in [0.15, 0.2) is 71.6 Å². The predicted octanol–water partition coefficient (Wildman–Crippen LogP) is 5.24. The van der Waals surface area contributed by atoms with E-state index in [1.807, 2.05) is 0 Å². The van der Waals surface area contributed by atoms with Crippen molar-refractivity contribution in [3.05, 3.63) is 78.1 Å². The van der Waals surface area contributed by atoms with Crippen molar-refractivity contribution in [3.63, 3.8) is 0 Å². The summed E-state index contributed by atoms with van der Waals surface area (Å²) >= 11 is 0. The van der Waals surface area contributed by atoms with Crippen LogP contribution in [-0.4, -0.2) is 37.1 Å². The van der Waals surface area contributed by atoms with Gasteiger partial charge in [-0.25, -0.2) is 18.5 Å². The average molecular weight is 525 g/mol. The first-order valence-corrected chi connectivity index (χ1v) is 12.2. The molecule has 0 unspecified atom stereocenters. The lowest BCUT2D eigenvalue weighted by Gasteiger charge is -2.19. The zero-order chi connectivity index (χ0) is 26.1. The Balaban J connectivity index is 1.43. The first kappa shape index (κ1) is 25.6. The summed E-state index contributed by atoms with van der Waals surface area (Å²) in [7, 11) is -3.91. The van der Waals surface area contributed by atoms with E-state index in [2.05, 4.69) is 14.7 Å². The molecule has 190 valence electrons. The minimum Gasteiger partial charge on any atom is -0.487 e. The Morgan fingerprint density at radius 1 is 0.917 bits per heavy atom. The number of primary sulfonamides is 1. The van der Waals surface area contributed by atoms with Gasteiger partial charge in [-0.2, -0.15) is 22.0 Å². The third-order valence-corrected chi connectivity index (χ3v) is 6.41. The number of halogens is 5. The van der Waals surface area contributed by atoms with E-state index < -0.39 is 28.7 Å². The number of hydrogen-bond acceptors (Lipinski definition) is 4. The second-order valence-corrected chi connectivity index (χ2v) is 9.62. The average Bonchev–Trinajstić information content (AvgIpc) is 3.23. The van der Waals surface area contributed by atoms with Crippen LogP contribution in [0.3, 0.4) is 0 Å². The van der Waals surface area contributed by atoms with Gasteiger partial charge in [-0.3, -0.25) is 0 Å². The number of imidazole rings is 1. The van der Waals surface area contributed by atoms with Crippen molar-refractivity contribution in [1.82, 2.24) is 9.97 Å². The number of nitrogens with zero attached hydrogens (tertiary/aromatic N) is 1. The third kappa shape index (κ3) is 5.65. The highest BCUT2D eigenvalue weighted by Crippen LogP contribution is 2.35. The fourth-order valence-electron chi connectivity index (χ4n) is 3.57. The van der Waals surface area contributed by atoms with Gasteiger partial charge in [0.05, 0.1) is 15.9 Å². The number of fused-ring (bicyclic) bond motifs is 1. The lowest BCUT2D eigenvalue weighted by atomic mass is 10.1. The van der Waals surface area contributed by atoms with Gasteiger partial charge >= 0.3 is 12.1 Å². The molecule has 0 fully saturated rings. The number of sulfonamides is 1. The van der Waals surface area contributed by atoms with Gasteiger partial charge in [0.25, 0.3) is 0 Å². The van der Waals surface area contributed by atoms with Gasteiger partial charge in [0, 0.05) is 12.0 Å². The summed E-state index contributed by atoms with van der Waals surface area (Å²) in [5.41, 5.74) is 3.28. The van der Waals surface area contributed by atoms with E-state index in [1.165, 1.54) is 18.2 Å². The Morgan fingerprint density at radius 2 is 1.61 bits per heavy atom. The van der Waals surface area contributed by atoms with E-state index in [0.29, 0.717) is 40.8 Å². The summed E-state index contributed by atoms with van der Waals surface area (Å²) in [5, 5.41) is 5.33. The molecule has 6 nitrogen and oxygen atoms in total. The smallest absolute Gasteiger partial charge is 0.456 e. The van der Waals surface area contributed by atoms with Gasteiger partial charge in [0.1, 0.15) is 11.6 Å². The lowest BCUT2D eigenvalue weighted by Crippen LogP contribution is -2.41. The molecule has 3 aromatic carbocycles. The van der Waals surface area contributed by atoms with Crippen molar-refractivity contribution in [1.29, 1.82) is 0 Å². The Kier molecular flexibility index (Phi) is 6.76. The SMILES string of the molecule is NS(=O)(=O)c1ccccc1-c1ccc2nc(CCc3ccc(OCC(F)(F)C(F)(F)F)cc3)[nH]c2c1. The van der Waals surface area contributed by atoms with Gasteiger partial charge in [-0.1, -0.05) is 36.4 Å². The van der Waals surface area contributed by atoms with Crippen LogP contribution in [0.2, 0.25) is 0 Å². The molecule has 4 aromatic rings. The van der Waals surface area contributed by atoms with Crippen molar-refractivity contribution in [2.45, 2.75) is 29.8 Å². The molecule has 0 aliphatic rings. The molecule has 3 N–H and O–H groups in total. The van der Waals surface area contributed by atoms with Crippen molar-refractivity contribution in [2.24, 2.45) is 5.14 Å². The first-order valence-electron chi connectivity index (χ1n) is 10.6. The molecule has 12 heteroatoms. The van der Waals surface area contributed by atoms with E-state index in [0.717, 1.165) is 5.56 Å². The van der Waals surface area contributed by atoms with Crippen molar-refractivity contribution in [2.75, 3.05) is 6.61 Å². The maximum absolute atomic E-state index is 13.0. The van der Waals surface area contributed by atoms with Gasteiger partial charge in [-0.05, 0) is 47.9 Å². The standard InChI is InChI=1S/C24H20F5N3O3S/c25-23(26,24(27,28)29)14-35-17-9-5-15(6-10-17)7-12-22-31-19-11-8-16(13-20(19)32-22)18-3-1-2-4-21(18)36(30,33)34/h1-6,8-11,13H,7,12,14H2,(H,31,32)(H2,30,33,34). The summed E-state index contributed by atoms with van der Waals surface area (Å²) in [6, 6.07) is 17.5. The number of ether oxygens (including phenoxy) is 1. The number of alkyl halides is 5. The number of H-pyrrole nitrogens is 1. The molecular formula is C24H20F5N3O3S. The Morgan fingerprint density at radius 3 is 2.28 bits per heavy atom. The van der Waals surface area contributed by atoms with E-state index in [4.69, 9.17) is 5.14 Å². The number of benzene rings is 3. The van der Waals surface area contributed by atoms with Gasteiger partial charge < -0.3 is 9.72 Å². The number of aromatic amines is 1. The summed E-state index contributed by atoms with van der Waals surface area (Å²) in [4.78, 5) is 7.72. The largest absolute Gasteiger partial charge is 0.487 e. The molecule has 0 aliphatic carbocycles. The van der Waals surface area contributed by atoms with Gasteiger partial charge in [0.2, 0.25) is 10.0 Å². The molecule has 0 saturated carbocycles. The summed E-state index contributed by atoms with van der Waals surface area (Å²) < 4.78 is 91.2. The van der Waals surface area contributed by atoms with Crippen LogP contribution in [-0.2, 0) is 22.9 Å². The lowest BCUT2D eigenvalue weighted by molar-refractivity contribution is -0.290. The number of nitrogens with two attached hydrogens (primary N) is 1. The molecule has 1 aromatic heterocycles. The highest BCUT2D eigenvalue weighted by Gasteiger charge is 2.58. The molecule has 36 heavy (non-hydrogen) atoms. The minimum atomic E-state index is -5.67. The summed E-state index contributed by atoms with van der Waals surface area (Å²) in [5.74, 6) is -4.38. The normalized spacial score (nSPS) is 12.7. The minimum absolute atomic E-state index is 0.0126. The van der Waals surface area contributed by atoms with Gasteiger partial charge in [0.15, 0.2) is 6.61 Å². The number of hydrogen-bond donors (Lipinski definition) is 2. The molecular weight excluding hydrogens is 505 g/mol. The van der Waals surface area contributed by atoms with Crippen LogP contribution < -0.4 is 9.88 Å². The molecule has 0 bridgehead atoms. The molecule has 0 spiro atoms. The van der Waals surface area contributed by atoms with E-state index in [1.54, 1.807) is 48.5 Å². The highest BCUT2D eigenvalue weighted by molar-refractivity contribution is 7.89. The van der Waals surface area contributed by atoms with Crippen molar-refractivity contribution >= 4 is 21.1 Å². The van der Waals surface area contributed by atoms with Crippen LogP contribution in [0.4, 0.5) is 22.0 Å². The molecule has 0 amide bonds. The van der Waals surface area contributed by atoms with Crippen LogP contribution in [0.5, 0.6) is 5.75 Å². The molecule has 0 atom stereocenters. The monoisotopic (exact) mass is 525 g/mol. The van der Waals surface area contributed by atoms with Crippen molar-refractivity contribution < 1.29 is 35.1 Å². The zero-order valence-electron chi connectivity index (χ0n) is 18.5. The predicted molar refractivity (Wildman–Crippen MR) is 123 cm³/mol. The number of rotatable bonds is 8. The number of nitrogens with one attached hydrogen (secondary N) is 1. The quantitative estimate of drug-likeness (QED) is 0.308. The Hall–Kier alpha value is -3.51. The van der Waals surface area contributed by atoms with E-state index >= 15 is 0 Å². The molecule has 4 rings (SSSR count). The maximum atomic E-state index is 13.0. The fraction of sp³-hybridized carbons (Fsp3) is 0.208. The van der Waals surface area contributed by atoms with E-state index in [-0.39, 0.29) is 10.6 Å². The van der Waals surface area contributed by atoms with Gasteiger partial charge in [-0.15, -0.1) is 0 Å².